The van der Waals surface area contributed by atoms with Crippen molar-refractivity contribution in [1.82, 2.24) is 4.57 Å². The molecule has 0 aliphatic heterocycles. The molecular weight excluding hydrogens is 737 g/mol. The highest BCUT2D eigenvalue weighted by molar-refractivity contribution is 6.09. The summed E-state index contributed by atoms with van der Waals surface area (Å²) in [4.78, 5) is 2.53. The number of anilines is 3. The Bertz CT molecular complexity index is 3220. The number of benzene rings is 9. The van der Waals surface area contributed by atoms with E-state index in [1.54, 1.807) is 0 Å². The number of rotatable bonds is 7. The zero-order valence-electron chi connectivity index (χ0n) is 35.0. The van der Waals surface area contributed by atoms with E-state index in [2.05, 4.69) is 243 Å². The standard InChI is InChI=1S/C59H46N2/c1-39-34-45(44-23-17-22-43(36-44)41-18-7-5-8-19-41)35-40(2)58(39)61(47-30-32-49-48-24-11-14-27-53(48)59(3,4)54(49)38-47)57-33-31-46(37-52(57)42-20-9-6-10-21-42)60-55-28-15-12-25-50(55)51-26-13-16-29-56(51)60/h5-38H,1-4H3. The van der Waals surface area contributed by atoms with Gasteiger partial charge in [-0.3, -0.25) is 0 Å². The van der Waals surface area contributed by atoms with Crippen molar-refractivity contribution in [2.45, 2.75) is 33.1 Å². The number of aromatic nitrogens is 1. The van der Waals surface area contributed by atoms with Gasteiger partial charge in [-0.05, 0) is 136 Å². The van der Waals surface area contributed by atoms with Crippen LogP contribution in [0.5, 0.6) is 0 Å². The highest BCUT2D eigenvalue weighted by Gasteiger charge is 2.36. The van der Waals surface area contributed by atoms with E-state index in [4.69, 9.17) is 0 Å². The summed E-state index contributed by atoms with van der Waals surface area (Å²) in [6.45, 7) is 9.30. The largest absolute Gasteiger partial charge is 0.309 e. The first-order valence-corrected chi connectivity index (χ1v) is 21.3. The molecule has 292 valence electrons. The van der Waals surface area contributed by atoms with Gasteiger partial charge >= 0.3 is 0 Å². The molecule has 0 saturated heterocycles. The summed E-state index contributed by atoms with van der Waals surface area (Å²) in [5.74, 6) is 0. The van der Waals surface area contributed by atoms with Gasteiger partial charge in [0.05, 0.1) is 22.4 Å². The molecule has 1 aromatic heterocycles. The molecule has 2 nitrogen and oxygen atoms in total. The third-order valence-corrected chi connectivity index (χ3v) is 13.0. The molecular formula is C59H46N2. The molecule has 0 atom stereocenters. The highest BCUT2D eigenvalue weighted by atomic mass is 15.2. The maximum Gasteiger partial charge on any atom is 0.0541 e. The topological polar surface area (TPSA) is 8.17 Å². The molecule has 0 radical (unpaired) electrons. The van der Waals surface area contributed by atoms with Gasteiger partial charge in [-0.15, -0.1) is 0 Å². The van der Waals surface area contributed by atoms with Gasteiger partial charge in [0.15, 0.2) is 0 Å². The van der Waals surface area contributed by atoms with Crippen LogP contribution in [0.25, 0.3) is 72.0 Å². The number of aryl methyl sites for hydroxylation is 2. The van der Waals surface area contributed by atoms with Crippen LogP contribution in [-0.4, -0.2) is 4.57 Å². The quantitative estimate of drug-likeness (QED) is 0.156. The first-order chi connectivity index (χ1) is 29.8. The Labute approximate surface area is 358 Å². The van der Waals surface area contributed by atoms with E-state index in [1.807, 2.05) is 0 Å². The lowest BCUT2D eigenvalue weighted by atomic mass is 9.82. The molecule has 0 unspecified atom stereocenters. The fourth-order valence-corrected chi connectivity index (χ4v) is 10.1. The molecule has 10 aromatic rings. The summed E-state index contributed by atoms with van der Waals surface area (Å²) in [5.41, 5.74) is 21.9. The van der Waals surface area contributed by atoms with Crippen molar-refractivity contribution in [1.29, 1.82) is 0 Å². The van der Waals surface area contributed by atoms with Gasteiger partial charge in [-0.2, -0.15) is 0 Å². The van der Waals surface area contributed by atoms with E-state index in [-0.39, 0.29) is 5.41 Å². The molecule has 11 rings (SSSR count). The van der Waals surface area contributed by atoms with E-state index in [1.165, 1.54) is 94.3 Å². The smallest absolute Gasteiger partial charge is 0.0541 e. The Morgan fingerprint density at radius 3 is 1.64 bits per heavy atom. The van der Waals surface area contributed by atoms with Crippen LogP contribution in [0, 0.1) is 13.8 Å². The van der Waals surface area contributed by atoms with Crippen molar-refractivity contribution in [3.63, 3.8) is 0 Å². The van der Waals surface area contributed by atoms with Crippen molar-refractivity contribution in [3.05, 3.63) is 229 Å². The predicted molar refractivity (Wildman–Crippen MR) is 259 cm³/mol. The van der Waals surface area contributed by atoms with Gasteiger partial charge in [-0.1, -0.05) is 159 Å². The number of hydrogen-bond acceptors (Lipinski definition) is 1. The van der Waals surface area contributed by atoms with Crippen molar-refractivity contribution in [2.24, 2.45) is 0 Å². The Kier molecular flexibility index (Phi) is 8.65. The van der Waals surface area contributed by atoms with E-state index >= 15 is 0 Å². The predicted octanol–water partition coefficient (Wildman–Crippen LogP) is 16.2. The van der Waals surface area contributed by atoms with Crippen LogP contribution in [0.4, 0.5) is 17.1 Å². The van der Waals surface area contributed by atoms with Crippen LogP contribution in [0.2, 0.25) is 0 Å². The number of fused-ring (bicyclic) bond motifs is 6. The van der Waals surface area contributed by atoms with E-state index in [9.17, 15) is 0 Å². The van der Waals surface area contributed by atoms with Crippen molar-refractivity contribution >= 4 is 38.9 Å². The molecule has 9 aromatic carbocycles. The summed E-state index contributed by atoms with van der Waals surface area (Å²) in [6, 6.07) is 75.9. The molecule has 0 saturated carbocycles. The van der Waals surface area contributed by atoms with Gasteiger partial charge < -0.3 is 9.47 Å². The molecule has 0 spiro atoms. The minimum absolute atomic E-state index is 0.145. The fraction of sp³-hybridized carbons (Fsp3) is 0.0847. The summed E-state index contributed by atoms with van der Waals surface area (Å²) in [5, 5.41) is 2.51. The first kappa shape index (κ1) is 36.6. The van der Waals surface area contributed by atoms with Gasteiger partial charge in [0.2, 0.25) is 0 Å². The van der Waals surface area contributed by atoms with Crippen molar-refractivity contribution in [3.8, 4) is 50.2 Å². The average Bonchev–Trinajstić information content (AvgIpc) is 3.76. The van der Waals surface area contributed by atoms with Crippen molar-refractivity contribution in [2.75, 3.05) is 4.90 Å². The third kappa shape index (κ3) is 6.01. The second-order valence-corrected chi connectivity index (χ2v) is 17.1. The number of nitrogens with zero attached hydrogens (tertiary/aromatic N) is 2. The molecule has 61 heavy (non-hydrogen) atoms. The second-order valence-electron chi connectivity index (χ2n) is 17.1. The maximum atomic E-state index is 2.53. The van der Waals surface area contributed by atoms with Crippen LogP contribution in [-0.2, 0) is 5.41 Å². The lowest BCUT2D eigenvalue weighted by Crippen LogP contribution is -2.18. The molecule has 0 bridgehead atoms. The molecule has 0 amide bonds. The van der Waals surface area contributed by atoms with Gasteiger partial charge in [0.1, 0.15) is 0 Å². The monoisotopic (exact) mass is 782 g/mol. The SMILES string of the molecule is Cc1cc(-c2cccc(-c3ccccc3)c2)cc(C)c1N(c1ccc2c(c1)C(C)(C)c1ccccc1-2)c1ccc(-n2c3ccccc3c3ccccc32)cc1-c1ccccc1. The fourth-order valence-electron chi connectivity index (χ4n) is 10.1. The lowest BCUT2D eigenvalue weighted by Gasteiger charge is -2.32. The van der Waals surface area contributed by atoms with Crippen LogP contribution in [0.3, 0.4) is 0 Å². The summed E-state index contributed by atoms with van der Waals surface area (Å²) >= 11 is 0. The van der Waals surface area contributed by atoms with Crippen LogP contribution in [0.15, 0.2) is 206 Å². The Morgan fingerprint density at radius 1 is 0.393 bits per heavy atom. The minimum Gasteiger partial charge on any atom is -0.309 e. The molecule has 1 heterocycles. The van der Waals surface area contributed by atoms with E-state index in [0.717, 1.165) is 17.1 Å². The second kappa shape index (κ2) is 14.4. The van der Waals surface area contributed by atoms with E-state index in [0.29, 0.717) is 0 Å². The maximum absolute atomic E-state index is 2.53. The Morgan fingerprint density at radius 2 is 0.951 bits per heavy atom. The summed E-state index contributed by atoms with van der Waals surface area (Å²) in [6.07, 6.45) is 0. The van der Waals surface area contributed by atoms with Crippen LogP contribution in [0.1, 0.15) is 36.1 Å². The number of hydrogen-bond donors (Lipinski definition) is 0. The highest BCUT2D eigenvalue weighted by Crippen LogP contribution is 2.52. The number of para-hydroxylation sites is 2. The molecule has 0 fully saturated rings. The summed E-state index contributed by atoms with van der Waals surface area (Å²) in [7, 11) is 0. The zero-order chi connectivity index (χ0) is 41.2. The zero-order valence-corrected chi connectivity index (χ0v) is 35.0. The summed E-state index contributed by atoms with van der Waals surface area (Å²) < 4.78 is 2.43. The van der Waals surface area contributed by atoms with Crippen molar-refractivity contribution < 1.29 is 0 Å². The Balaban J connectivity index is 1.14. The van der Waals surface area contributed by atoms with Crippen LogP contribution < -0.4 is 4.90 Å². The molecule has 0 N–H and O–H groups in total. The normalized spacial score (nSPS) is 12.7. The van der Waals surface area contributed by atoms with E-state index < -0.39 is 0 Å². The van der Waals surface area contributed by atoms with Gasteiger partial charge in [0, 0.05) is 33.1 Å². The van der Waals surface area contributed by atoms with Gasteiger partial charge in [0.25, 0.3) is 0 Å². The molecule has 2 heteroatoms. The average molecular weight is 783 g/mol. The Hall–Kier alpha value is -7.42. The minimum atomic E-state index is -0.145. The van der Waals surface area contributed by atoms with Gasteiger partial charge in [-0.25, -0.2) is 0 Å². The molecule has 1 aliphatic carbocycles. The third-order valence-electron chi connectivity index (χ3n) is 13.0. The lowest BCUT2D eigenvalue weighted by molar-refractivity contribution is 0.660. The molecule has 1 aliphatic rings. The van der Waals surface area contributed by atoms with Crippen LogP contribution >= 0.6 is 0 Å². The first-order valence-electron chi connectivity index (χ1n) is 21.3.